The summed E-state index contributed by atoms with van der Waals surface area (Å²) in [5.74, 6) is 1.32. The Morgan fingerprint density at radius 1 is 1.12 bits per heavy atom. The number of H-pyrrole nitrogens is 1. The Morgan fingerprint density at radius 2 is 1.96 bits per heavy atom. The van der Waals surface area contributed by atoms with E-state index in [1.54, 1.807) is 37.7 Å². The van der Waals surface area contributed by atoms with Crippen LogP contribution in [0.1, 0.15) is 0 Å². The number of aromatic nitrogens is 3. The maximum absolute atomic E-state index is 11.8. The molecule has 25 heavy (non-hydrogen) atoms. The fourth-order valence-corrected chi connectivity index (χ4v) is 3.56. The minimum Gasteiger partial charge on any atom is -0.495 e. The number of fused-ring (bicyclic) bond motifs is 2. The molecule has 0 fully saturated rings. The Labute approximate surface area is 144 Å². The molecule has 2 aromatic carbocycles. The van der Waals surface area contributed by atoms with Crippen LogP contribution in [0.3, 0.4) is 0 Å². The standard InChI is InChI=1S/C18H15N3O3S/c1-24-17-13-6-4-12(25(2,22)23)9-11(13)3-5-14(17)18-20-15-7-8-19-10-16(15)21-18/h3-10H,1-2H3,(H,20,21). The number of rotatable bonds is 3. The molecular weight excluding hydrogens is 338 g/mol. The van der Waals surface area contributed by atoms with Gasteiger partial charge in [0, 0.05) is 17.8 Å². The summed E-state index contributed by atoms with van der Waals surface area (Å²) >= 11 is 0. The minimum absolute atomic E-state index is 0.282. The first kappa shape index (κ1) is 15.6. The van der Waals surface area contributed by atoms with Crippen molar-refractivity contribution in [1.82, 2.24) is 15.0 Å². The monoisotopic (exact) mass is 353 g/mol. The van der Waals surface area contributed by atoms with E-state index in [1.165, 1.54) is 6.26 Å². The second kappa shape index (κ2) is 5.56. The second-order valence-electron chi connectivity index (χ2n) is 5.78. The molecule has 0 aliphatic rings. The zero-order chi connectivity index (χ0) is 17.6. The van der Waals surface area contributed by atoms with Gasteiger partial charge in [0.15, 0.2) is 9.84 Å². The predicted molar refractivity (Wildman–Crippen MR) is 96.5 cm³/mol. The topological polar surface area (TPSA) is 84.9 Å². The molecular formula is C18H15N3O3S. The number of pyridine rings is 1. The van der Waals surface area contributed by atoms with E-state index in [1.807, 2.05) is 18.2 Å². The first-order chi connectivity index (χ1) is 12.0. The lowest BCUT2D eigenvalue weighted by Gasteiger charge is -2.11. The summed E-state index contributed by atoms with van der Waals surface area (Å²) in [6.45, 7) is 0. The molecule has 4 rings (SSSR count). The number of methoxy groups -OCH3 is 1. The van der Waals surface area contributed by atoms with Gasteiger partial charge in [-0.1, -0.05) is 6.07 Å². The number of sulfone groups is 1. The molecule has 1 N–H and O–H groups in total. The van der Waals surface area contributed by atoms with Crippen LogP contribution in [0.25, 0.3) is 33.2 Å². The van der Waals surface area contributed by atoms with E-state index < -0.39 is 9.84 Å². The third-order valence-corrected chi connectivity index (χ3v) is 5.22. The first-order valence-electron chi connectivity index (χ1n) is 7.58. The summed E-state index contributed by atoms with van der Waals surface area (Å²) in [5.41, 5.74) is 2.46. The predicted octanol–water partition coefficient (Wildman–Crippen LogP) is 3.19. The Hall–Kier alpha value is -2.93. The molecule has 0 unspecified atom stereocenters. The van der Waals surface area contributed by atoms with Gasteiger partial charge in [-0.15, -0.1) is 0 Å². The third-order valence-electron chi connectivity index (χ3n) is 4.11. The number of hydrogen-bond donors (Lipinski definition) is 1. The van der Waals surface area contributed by atoms with Crippen LogP contribution in [0.5, 0.6) is 5.75 Å². The van der Waals surface area contributed by atoms with Crippen LogP contribution in [0.4, 0.5) is 0 Å². The highest BCUT2D eigenvalue weighted by atomic mass is 32.2. The number of nitrogens with one attached hydrogen (secondary N) is 1. The lowest BCUT2D eigenvalue weighted by Crippen LogP contribution is -1.97. The average Bonchev–Trinajstić information content (AvgIpc) is 3.03. The van der Waals surface area contributed by atoms with Gasteiger partial charge < -0.3 is 9.72 Å². The first-order valence-corrected chi connectivity index (χ1v) is 9.47. The fraction of sp³-hybridized carbons (Fsp3) is 0.111. The highest BCUT2D eigenvalue weighted by molar-refractivity contribution is 7.90. The van der Waals surface area contributed by atoms with Gasteiger partial charge in [-0.05, 0) is 35.7 Å². The number of nitrogens with zero attached hydrogens (tertiary/aromatic N) is 2. The van der Waals surface area contributed by atoms with Gasteiger partial charge in [-0.25, -0.2) is 13.4 Å². The zero-order valence-electron chi connectivity index (χ0n) is 13.6. The average molecular weight is 353 g/mol. The lowest BCUT2D eigenvalue weighted by molar-refractivity contribution is 0.421. The third kappa shape index (κ3) is 2.62. The Kier molecular flexibility index (Phi) is 3.47. The van der Waals surface area contributed by atoms with Crippen LogP contribution in [0.2, 0.25) is 0 Å². The van der Waals surface area contributed by atoms with Crippen molar-refractivity contribution in [3.05, 3.63) is 48.8 Å². The van der Waals surface area contributed by atoms with Crippen molar-refractivity contribution >= 4 is 31.6 Å². The molecule has 126 valence electrons. The van der Waals surface area contributed by atoms with Gasteiger partial charge in [0.05, 0.1) is 29.3 Å². The van der Waals surface area contributed by atoms with E-state index in [4.69, 9.17) is 4.74 Å². The normalized spacial score (nSPS) is 11.9. The summed E-state index contributed by atoms with van der Waals surface area (Å²) in [5, 5.41) is 1.62. The maximum Gasteiger partial charge on any atom is 0.175 e. The number of hydrogen-bond acceptors (Lipinski definition) is 5. The molecule has 0 atom stereocenters. The van der Waals surface area contributed by atoms with Crippen LogP contribution in [0.15, 0.2) is 53.7 Å². The van der Waals surface area contributed by atoms with Crippen LogP contribution in [-0.2, 0) is 9.84 Å². The van der Waals surface area contributed by atoms with Crippen molar-refractivity contribution in [1.29, 1.82) is 0 Å². The van der Waals surface area contributed by atoms with Gasteiger partial charge >= 0.3 is 0 Å². The van der Waals surface area contributed by atoms with E-state index in [0.717, 1.165) is 27.4 Å². The van der Waals surface area contributed by atoms with Crippen molar-refractivity contribution in [2.45, 2.75) is 4.90 Å². The highest BCUT2D eigenvalue weighted by Crippen LogP contribution is 2.36. The Morgan fingerprint density at radius 3 is 2.68 bits per heavy atom. The van der Waals surface area contributed by atoms with Gasteiger partial charge in [0.25, 0.3) is 0 Å². The molecule has 2 aromatic heterocycles. The summed E-state index contributed by atoms with van der Waals surface area (Å²) in [7, 11) is -1.67. The van der Waals surface area contributed by atoms with Crippen molar-refractivity contribution in [2.75, 3.05) is 13.4 Å². The van der Waals surface area contributed by atoms with Crippen molar-refractivity contribution in [2.24, 2.45) is 0 Å². The maximum atomic E-state index is 11.8. The summed E-state index contributed by atoms with van der Waals surface area (Å²) in [4.78, 5) is 12.2. The molecule has 6 nitrogen and oxygen atoms in total. The fourth-order valence-electron chi connectivity index (χ4n) is 2.90. The number of imidazole rings is 1. The quantitative estimate of drug-likeness (QED) is 0.611. The molecule has 0 bridgehead atoms. The van der Waals surface area contributed by atoms with Crippen LogP contribution in [-0.4, -0.2) is 36.7 Å². The van der Waals surface area contributed by atoms with Gasteiger partial charge in [-0.2, -0.15) is 0 Å². The van der Waals surface area contributed by atoms with Crippen molar-refractivity contribution in [3.63, 3.8) is 0 Å². The molecule has 2 heterocycles. The second-order valence-corrected chi connectivity index (χ2v) is 7.80. The minimum atomic E-state index is -3.26. The van der Waals surface area contributed by atoms with E-state index in [9.17, 15) is 8.42 Å². The molecule has 0 aliphatic heterocycles. The molecule has 7 heteroatoms. The van der Waals surface area contributed by atoms with Crippen LogP contribution >= 0.6 is 0 Å². The summed E-state index contributed by atoms with van der Waals surface area (Å²) in [6.07, 6.45) is 4.60. The molecule has 0 radical (unpaired) electrons. The lowest BCUT2D eigenvalue weighted by atomic mass is 10.0. The summed E-state index contributed by atoms with van der Waals surface area (Å²) < 4.78 is 29.1. The summed E-state index contributed by atoms with van der Waals surface area (Å²) in [6, 6.07) is 10.6. The number of aromatic amines is 1. The molecule has 0 amide bonds. The molecule has 0 spiro atoms. The van der Waals surface area contributed by atoms with Gasteiger partial charge in [0.1, 0.15) is 17.1 Å². The number of benzene rings is 2. The zero-order valence-corrected chi connectivity index (χ0v) is 14.5. The van der Waals surface area contributed by atoms with Crippen molar-refractivity contribution in [3.8, 4) is 17.1 Å². The van der Waals surface area contributed by atoms with Crippen LogP contribution < -0.4 is 4.74 Å². The Balaban J connectivity index is 1.95. The molecule has 0 saturated carbocycles. The Bertz CT molecular complexity index is 1180. The highest BCUT2D eigenvalue weighted by Gasteiger charge is 2.15. The molecule has 0 aliphatic carbocycles. The van der Waals surface area contributed by atoms with Gasteiger partial charge in [-0.3, -0.25) is 4.98 Å². The van der Waals surface area contributed by atoms with Gasteiger partial charge in [0.2, 0.25) is 0 Å². The van der Waals surface area contributed by atoms with Crippen molar-refractivity contribution < 1.29 is 13.2 Å². The SMILES string of the molecule is COc1c(-c2nc3cnccc3[nH]2)ccc2cc(S(C)(=O)=O)ccc12. The van der Waals surface area contributed by atoms with E-state index in [2.05, 4.69) is 15.0 Å². The van der Waals surface area contributed by atoms with E-state index >= 15 is 0 Å². The largest absolute Gasteiger partial charge is 0.495 e. The molecule has 0 saturated heterocycles. The number of ether oxygens (including phenoxy) is 1. The smallest absolute Gasteiger partial charge is 0.175 e. The van der Waals surface area contributed by atoms with E-state index in [-0.39, 0.29) is 4.90 Å². The van der Waals surface area contributed by atoms with E-state index in [0.29, 0.717) is 11.6 Å². The molecule has 4 aromatic rings. The van der Waals surface area contributed by atoms with Crippen LogP contribution in [0, 0.1) is 0 Å².